The molecule has 3 rings (SSSR count). The van der Waals surface area contributed by atoms with Gasteiger partial charge in [-0.15, -0.1) is 0 Å². The highest BCUT2D eigenvalue weighted by molar-refractivity contribution is 6.54. The number of nitrogens with zero attached hydrogens (tertiary/aromatic N) is 3. The molecule has 0 bridgehead atoms. The molecular weight excluding hydrogens is 546 g/mol. The van der Waals surface area contributed by atoms with E-state index >= 15 is 0 Å². The van der Waals surface area contributed by atoms with E-state index in [1.165, 1.54) is 11.1 Å². The van der Waals surface area contributed by atoms with Crippen molar-refractivity contribution < 1.29 is 14.1 Å². The maximum atomic E-state index is 12.8. The minimum Gasteiger partial charge on any atom is -0.354 e. The van der Waals surface area contributed by atoms with E-state index in [1.807, 2.05) is 0 Å². The predicted molar refractivity (Wildman–Crippen MR) is 145 cm³/mol. The fourth-order valence-corrected chi connectivity index (χ4v) is 4.56. The van der Waals surface area contributed by atoms with Crippen LogP contribution in [0.1, 0.15) is 32.6 Å². The van der Waals surface area contributed by atoms with Crippen molar-refractivity contribution in [1.29, 1.82) is 0 Å². The Kier molecular flexibility index (Phi) is 10.6. The Morgan fingerprint density at radius 2 is 1.83 bits per heavy atom. The number of likely N-dealkylation sites (N-methyl/N-ethyl adjacent to an activating group) is 1. The van der Waals surface area contributed by atoms with Gasteiger partial charge in [0.25, 0.3) is 5.91 Å². The lowest BCUT2D eigenvalue weighted by molar-refractivity contribution is -0.121. The summed E-state index contributed by atoms with van der Waals surface area (Å²) in [5.41, 5.74) is 1.86. The molecule has 0 radical (unpaired) electrons. The summed E-state index contributed by atoms with van der Waals surface area (Å²) in [6.07, 6.45) is 4.30. The van der Waals surface area contributed by atoms with Gasteiger partial charge in [0.05, 0.1) is 16.1 Å². The number of amides is 1. The van der Waals surface area contributed by atoms with Crippen LogP contribution in [0.4, 0.5) is 5.69 Å². The number of hydrogen-bond donors (Lipinski definition) is 1. The van der Waals surface area contributed by atoms with Gasteiger partial charge in [0.2, 0.25) is 0 Å². The fraction of sp³-hybridized carbons (Fsp3) is 0.360. The molecule has 36 heavy (non-hydrogen) atoms. The summed E-state index contributed by atoms with van der Waals surface area (Å²) in [7, 11) is 1.76. The predicted octanol–water partition coefficient (Wildman–Crippen LogP) is 6.58. The molecule has 192 valence electrons. The van der Waals surface area contributed by atoms with Crippen LogP contribution < -0.4 is 10.2 Å². The molecule has 0 fully saturated rings. The topological polar surface area (TPSA) is 88.3 Å². The highest BCUT2D eigenvalue weighted by Gasteiger charge is 2.25. The lowest BCUT2D eigenvalue weighted by Gasteiger charge is -2.24. The third kappa shape index (κ3) is 6.99. The van der Waals surface area contributed by atoms with Crippen LogP contribution in [0, 0.1) is 0 Å². The van der Waals surface area contributed by atoms with Gasteiger partial charge in [0, 0.05) is 36.5 Å². The number of aromatic nitrogens is 2. The van der Waals surface area contributed by atoms with Crippen LogP contribution in [0.25, 0.3) is 22.7 Å². The second-order valence-corrected chi connectivity index (χ2v) is 9.97. The number of pyridine rings is 1. The number of unbranched alkanes of at least 4 members (excludes halogenated alkanes) is 1. The minimum atomic E-state index is -1.30. The highest BCUT2D eigenvalue weighted by atomic mass is 35.5. The molecule has 0 aliphatic carbocycles. The Balaban J connectivity index is 1.86. The Hall–Kier alpha value is -2.16. The number of carbonyl (C=O) groups is 2. The van der Waals surface area contributed by atoms with Gasteiger partial charge in [-0.2, -0.15) is 0 Å². The van der Waals surface area contributed by atoms with Crippen molar-refractivity contribution in [2.45, 2.75) is 43.5 Å². The minimum absolute atomic E-state index is 0.00946. The van der Waals surface area contributed by atoms with E-state index < -0.39 is 10.7 Å². The number of ketones is 1. The molecular formula is C25H26Cl4N4O3. The van der Waals surface area contributed by atoms with Crippen molar-refractivity contribution in [3.63, 3.8) is 0 Å². The number of halogens is 4. The molecule has 1 unspecified atom stereocenters. The number of carbonyl (C=O) groups excluding carboxylic acids is 2. The Morgan fingerprint density at radius 3 is 2.47 bits per heavy atom. The van der Waals surface area contributed by atoms with Gasteiger partial charge in [0.1, 0.15) is 11.4 Å². The smallest absolute Gasteiger partial charge is 0.260 e. The first-order valence-corrected chi connectivity index (χ1v) is 13.1. The van der Waals surface area contributed by atoms with E-state index in [2.05, 4.69) is 22.4 Å². The summed E-state index contributed by atoms with van der Waals surface area (Å²) in [5.74, 6) is -0.191. The van der Waals surface area contributed by atoms with Crippen molar-refractivity contribution >= 4 is 63.8 Å². The van der Waals surface area contributed by atoms with Gasteiger partial charge in [-0.05, 0) is 37.7 Å². The van der Waals surface area contributed by atoms with Crippen LogP contribution in [0.5, 0.6) is 0 Å². The van der Waals surface area contributed by atoms with Gasteiger partial charge in [-0.25, -0.2) is 0 Å². The average molecular weight is 572 g/mol. The molecule has 0 aliphatic rings. The monoisotopic (exact) mass is 570 g/mol. The summed E-state index contributed by atoms with van der Waals surface area (Å²) in [5, 5.41) is 7.99. The van der Waals surface area contributed by atoms with Crippen molar-refractivity contribution in [3.05, 3.63) is 52.6 Å². The summed E-state index contributed by atoms with van der Waals surface area (Å²) in [4.78, 5) is 30.0. The quantitative estimate of drug-likeness (QED) is 0.247. The summed E-state index contributed by atoms with van der Waals surface area (Å²) >= 11 is 24.4. The van der Waals surface area contributed by atoms with Crippen LogP contribution in [-0.2, 0) is 9.59 Å². The molecule has 1 amide bonds. The number of anilines is 1. The summed E-state index contributed by atoms with van der Waals surface area (Å²) in [6, 6.07) is 9.81. The number of Topliss-reactive ketones (excluding diaryl/α,β-unsaturated/α-hetero) is 1. The van der Waals surface area contributed by atoms with Crippen LogP contribution >= 0.6 is 46.4 Å². The molecule has 7 nitrogen and oxygen atoms in total. The van der Waals surface area contributed by atoms with Crippen LogP contribution in [0.2, 0.25) is 10.0 Å². The Morgan fingerprint density at radius 1 is 1.11 bits per heavy atom. The van der Waals surface area contributed by atoms with Crippen LogP contribution in [0.15, 0.2) is 47.1 Å². The maximum absolute atomic E-state index is 12.8. The second-order valence-electron chi connectivity index (χ2n) is 8.06. The molecule has 0 saturated carbocycles. The molecule has 1 N–H and O–H groups in total. The normalized spacial score (nSPS) is 12.1. The maximum Gasteiger partial charge on any atom is 0.260 e. The van der Waals surface area contributed by atoms with Crippen molar-refractivity contribution in [1.82, 2.24) is 15.5 Å². The number of hydrogen-bond acceptors (Lipinski definition) is 6. The van der Waals surface area contributed by atoms with Gasteiger partial charge in [-0.3, -0.25) is 14.6 Å². The molecule has 11 heteroatoms. The molecule has 1 atom stereocenters. The molecule has 0 spiro atoms. The number of nitrogens with one attached hydrogen (secondary N) is 1. The molecule has 3 aromatic rings. The largest absolute Gasteiger partial charge is 0.354 e. The zero-order chi connectivity index (χ0) is 26.2. The molecule has 2 heterocycles. The third-order valence-corrected chi connectivity index (χ3v) is 6.66. The first-order valence-electron chi connectivity index (χ1n) is 11.4. The fourth-order valence-electron chi connectivity index (χ4n) is 3.73. The molecule has 2 aromatic heterocycles. The number of alkyl halides is 2. The highest BCUT2D eigenvalue weighted by Crippen LogP contribution is 2.36. The van der Waals surface area contributed by atoms with E-state index in [9.17, 15) is 9.59 Å². The summed E-state index contributed by atoms with van der Waals surface area (Å²) in [6.45, 7) is 2.18. The van der Waals surface area contributed by atoms with Gasteiger partial charge in [-0.1, -0.05) is 77.4 Å². The second kappa shape index (κ2) is 13.4. The van der Waals surface area contributed by atoms with E-state index in [0.29, 0.717) is 38.4 Å². The third-order valence-electron chi connectivity index (χ3n) is 5.65. The van der Waals surface area contributed by atoms with E-state index in [4.69, 9.17) is 50.9 Å². The Bertz CT molecular complexity index is 1180. The van der Waals surface area contributed by atoms with E-state index in [0.717, 1.165) is 19.3 Å². The molecule has 1 aromatic carbocycles. The van der Waals surface area contributed by atoms with Gasteiger partial charge < -0.3 is 14.7 Å². The molecule has 0 aliphatic heterocycles. The lowest BCUT2D eigenvalue weighted by Crippen LogP contribution is -2.40. The Labute approximate surface area is 230 Å². The molecule has 0 saturated heterocycles. The lowest BCUT2D eigenvalue weighted by atomic mass is 10.0. The van der Waals surface area contributed by atoms with Crippen LogP contribution in [-0.4, -0.2) is 46.3 Å². The van der Waals surface area contributed by atoms with E-state index in [1.54, 1.807) is 43.4 Å². The van der Waals surface area contributed by atoms with Gasteiger partial charge >= 0.3 is 0 Å². The van der Waals surface area contributed by atoms with Crippen molar-refractivity contribution in [3.8, 4) is 22.7 Å². The standard InChI is InChI=1S/C25H26Cl4N4O3/c1-3-4-8-18(30-2)21(34)10-12-33(25(35)24(28)29)15-9-11-31-19(13-15)22-14-20(32-36-22)23-16(26)6-5-7-17(23)27/h5-7,9,11,13-14,18,24,30H,3-4,8,10,12H2,1-2H3. The number of benzene rings is 1. The van der Waals surface area contributed by atoms with Crippen molar-refractivity contribution in [2.24, 2.45) is 0 Å². The zero-order valence-corrected chi connectivity index (χ0v) is 22.8. The SMILES string of the molecule is CCCCC(NC)C(=O)CCN(C(=O)C(Cl)Cl)c1ccnc(-c2cc(-c3c(Cl)cccc3Cl)no2)c1. The number of rotatable bonds is 12. The average Bonchev–Trinajstić information content (AvgIpc) is 3.34. The van der Waals surface area contributed by atoms with Crippen molar-refractivity contribution in [2.75, 3.05) is 18.5 Å². The van der Waals surface area contributed by atoms with Gasteiger partial charge in [0.15, 0.2) is 16.4 Å². The van der Waals surface area contributed by atoms with Crippen LogP contribution in [0.3, 0.4) is 0 Å². The zero-order valence-electron chi connectivity index (χ0n) is 19.8. The first kappa shape index (κ1) is 28.4. The summed E-state index contributed by atoms with van der Waals surface area (Å²) < 4.78 is 5.49. The van der Waals surface area contributed by atoms with E-state index in [-0.39, 0.29) is 24.8 Å². The first-order chi connectivity index (χ1) is 17.3.